The molecular formula is C23H21NOS2. The first-order valence-corrected chi connectivity index (χ1v) is 11.2. The minimum Gasteiger partial charge on any atom is -0.497 e. The van der Waals surface area contributed by atoms with Crippen LogP contribution >= 0.6 is 23.5 Å². The van der Waals surface area contributed by atoms with Crippen LogP contribution in [0.2, 0.25) is 0 Å². The largest absolute Gasteiger partial charge is 0.497 e. The Morgan fingerprint density at radius 2 is 1.44 bits per heavy atom. The van der Waals surface area contributed by atoms with Gasteiger partial charge in [0.15, 0.2) is 0 Å². The number of thioether (sulfide) groups is 2. The van der Waals surface area contributed by atoms with Crippen molar-refractivity contribution >= 4 is 46.2 Å². The van der Waals surface area contributed by atoms with E-state index >= 15 is 0 Å². The molecule has 0 saturated heterocycles. The van der Waals surface area contributed by atoms with E-state index in [9.17, 15) is 0 Å². The molecule has 4 rings (SSSR count). The zero-order valence-corrected chi connectivity index (χ0v) is 17.2. The van der Waals surface area contributed by atoms with Crippen LogP contribution < -0.4 is 9.64 Å². The summed E-state index contributed by atoms with van der Waals surface area (Å²) in [5, 5.41) is 0. The van der Waals surface area contributed by atoms with Crippen LogP contribution in [-0.2, 0) is 0 Å². The van der Waals surface area contributed by atoms with Crippen molar-refractivity contribution in [3.8, 4) is 5.75 Å². The number of fused-ring (bicyclic) bond motifs is 2. The molecule has 0 fully saturated rings. The first-order valence-electron chi connectivity index (χ1n) is 8.73. The Hall–Kier alpha value is -2.30. The fourth-order valence-electron chi connectivity index (χ4n) is 3.55. The summed E-state index contributed by atoms with van der Waals surface area (Å²) in [4.78, 5) is 2.33. The van der Waals surface area contributed by atoms with E-state index in [0.717, 1.165) is 17.1 Å². The predicted octanol–water partition coefficient (Wildman–Crippen LogP) is 6.92. The molecule has 0 amide bonds. The maximum absolute atomic E-state index is 5.55. The summed E-state index contributed by atoms with van der Waals surface area (Å²) in [6.45, 7) is 0. The van der Waals surface area contributed by atoms with Crippen molar-refractivity contribution in [1.29, 1.82) is 0 Å². The fraction of sp³-hybridized carbons (Fsp3) is 0.130. The van der Waals surface area contributed by atoms with Crippen molar-refractivity contribution < 1.29 is 4.74 Å². The molecule has 2 nitrogen and oxygen atoms in total. The molecule has 136 valence electrons. The fourth-order valence-corrected chi connectivity index (χ4v) is 5.07. The number of para-hydroxylation sites is 2. The molecule has 1 aliphatic rings. The second-order valence-corrected chi connectivity index (χ2v) is 8.03. The third-order valence-electron chi connectivity index (χ3n) is 4.72. The second-order valence-electron chi connectivity index (χ2n) is 6.14. The van der Waals surface area contributed by atoms with Gasteiger partial charge in [0, 0.05) is 32.7 Å². The summed E-state index contributed by atoms with van der Waals surface area (Å²) in [5.74, 6) is 0.864. The predicted molar refractivity (Wildman–Crippen MR) is 121 cm³/mol. The van der Waals surface area contributed by atoms with Crippen molar-refractivity contribution in [2.24, 2.45) is 0 Å². The molecule has 3 aromatic carbocycles. The Morgan fingerprint density at radius 1 is 0.778 bits per heavy atom. The van der Waals surface area contributed by atoms with Gasteiger partial charge in [0.2, 0.25) is 0 Å². The van der Waals surface area contributed by atoms with Gasteiger partial charge in [-0.1, -0.05) is 36.4 Å². The van der Waals surface area contributed by atoms with Gasteiger partial charge in [0.05, 0.1) is 18.5 Å². The molecule has 4 heteroatoms. The molecule has 0 aliphatic carbocycles. The lowest BCUT2D eigenvalue weighted by atomic mass is 9.90. The van der Waals surface area contributed by atoms with Crippen molar-refractivity contribution in [3.63, 3.8) is 0 Å². The van der Waals surface area contributed by atoms with Gasteiger partial charge < -0.3 is 9.64 Å². The number of anilines is 3. The van der Waals surface area contributed by atoms with Crippen molar-refractivity contribution in [2.75, 3.05) is 24.5 Å². The number of rotatable bonds is 4. The van der Waals surface area contributed by atoms with Crippen LogP contribution in [0, 0.1) is 0 Å². The van der Waals surface area contributed by atoms with Gasteiger partial charge >= 0.3 is 0 Å². The molecule has 0 radical (unpaired) electrons. The van der Waals surface area contributed by atoms with Gasteiger partial charge in [-0.25, -0.2) is 0 Å². The van der Waals surface area contributed by atoms with Gasteiger partial charge in [-0.3, -0.25) is 0 Å². The lowest BCUT2D eigenvalue weighted by Crippen LogP contribution is -2.18. The molecule has 0 aromatic heterocycles. The highest BCUT2D eigenvalue weighted by atomic mass is 32.2. The van der Waals surface area contributed by atoms with Crippen molar-refractivity contribution in [3.05, 3.63) is 88.2 Å². The highest BCUT2D eigenvalue weighted by molar-refractivity contribution is 8.21. The van der Waals surface area contributed by atoms with E-state index in [1.807, 2.05) is 6.07 Å². The Morgan fingerprint density at radius 3 is 2.15 bits per heavy atom. The highest BCUT2D eigenvalue weighted by Crippen LogP contribution is 2.52. The summed E-state index contributed by atoms with van der Waals surface area (Å²) < 4.78 is 6.87. The van der Waals surface area contributed by atoms with E-state index in [1.54, 1.807) is 30.6 Å². The topological polar surface area (TPSA) is 12.5 Å². The monoisotopic (exact) mass is 391 g/mol. The van der Waals surface area contributed by atoms with Crippen LogP contribution in [0.5, 0.6) is 5.75 Å². The number of benzene rings is 3. The minimum atomic E-state index is 0.864. The molecule has 27 heavy (non-hydrogen) atoms. The Kier molecular flexibility index (Phi) is 5.19. The maximum atomic E-state index is 5.55. The van der Waals surface area contributed by atoms with Crippen LogP contribution in [0.3, 0.4) is 0 Å². The highest BCUT2D eigenvalue weighted by Gasteiger charge is 2.29. The second kappa shape index (κ2) is 7.75. The normalized spacial score (nSPS) is 12.4. The number of methoxy groups -OCH3 is 1. The molecule has 0 atom stereocenters. The van der Waals surface area contributed by atoms with Crippen LogP contribution in [0.1, 0.15) is 11.1 Å². The maximum Gasteiger partial charge on any atom is 0.120 e. The number of hydrogen-bond donors (Lipinski definition) is 0. The average molecular weight is 392 g/mol. The Bertz CT molecular complexity index is 992. The first-order chi connectivity index (χ1) is 13.3. The van der Waals surface area contributed by atoms with Gasteiger partial charge in [-0.2, -0.15) is 0 Å². The van der Waals surface area contributed by atoms with E-state index in [-0.39, 0.29) is 0 Å². The summed E-state index contributed by atoms with van der Waals surface area (Å²) in [6.07, 6.45) is 4.29. The van der Waals surface area contributed by atoms with Crippen LogP contribution in [0.15, 0.2) is 77.0 Å². The van der Waals surface area contributed by atoms with Gasteiger partial charge in [-0.05, 0) is 42.8 Å². The molecule has 1 heterocycles. The lowest BCUT2D eigenvalue weighted by Gasteiger charge is -2.35. The number of nitrogens with zero attached hydrogens (tertiary/aromatic N) is 1. The van der Waals surface area contributed by atoms with E-state index in [4.69, 9.17) is 4.74 Å². The van der Waals surface area contributed by atoms with Gasteiger partial charge in [0.1, 0.15) is 5.75 Å². The molecule has 0 saturated carbocycles. The third-order valence-corrected chi connectivity index (χ3v) is 6.87. The van der Waals surface area contributed by atoms with Gasteiger partial charge in [-0.15, -0.1) is 23.5 Å². The zero-order valence-electron chi connectivity index (χ0n) is 15.6. The molecule has 0 bridgehead atoms. The molecule has 3 aromatic rings. The summed E-state index contributed by atoms with van der Waals surface area (Å²) in [7, 11) is 1.72. The molecule has 0 spiro atoms. The van der Waals surface area contributed by atoms with E-state index in [0.29, 0.717) is 0 Å². The molecule has 0 N–H and O–H groups in total. The first kappa shape index (κ1) is 18.1. The van der Waals surface area contributed by atoms with Crippen molar-refractivity contribution in [2.45, 2.75) is 0 Å². The smallest absolute Gasteiger partial charge is 0.120 e. The van der Waals surface area contributed by atoms with Crippen molar-refractivity contribution in [1.82, 2.24) is 0 Å². The Labute approximate surface area is 169 Å². The standard InChI is InChI=1S/C23H21NOS2/c1-25-17-13-14-19-21(15-17)24(16-9-5-4-6-10-16)20-12-8-7-11-18(20)22(19)23(26-2)27-3/h4-15H,1-3H3. The lowest BCUT2D eigenvalue weighted by molar-refractivity contribution is 0.415. The summed E-state index contributed by atoms with van der Waals surface area (Å²) in [6, 6.07) is 25.5. The SMILES string of the molecule is COc1ccc2c(c1)N(c1ccccc1)c1ccccc1C2=C(SC)SC. The van der Waals surface area contributed by atoms with E-state index in [2.05, 4.69) is 84.1 Å². The number of hydrogen-bond acceptors (Lipinski definition) is 4. The molecular weight excluding hydrogens is 370 g/mol. The Balaban J connectivity index is 2.08. The zero-order chi connectivity index (χ0) is 18.8. The van der Waals surface area contributed by atoms with E-state index < -0.39 is 0 Å². The van der Waals surface area contributed by atoms with Crippen LogP contribution in [0.4, 0.5) is 17.1 Å². The summed E-state index contributed by atoms with van der Waals surface area (Å²) in [5.41, 5.74) is 7.29. The average Bonchev–Trinajstić information content (AvgIpc) is 2.74. The van der Waals surface area contributed by atoms with Gasteiger partial charge in [0.25, 0.3) is 0 Å². The number of ether oxygens (including phenoxy) is 1. The summed E-state index contributed by atoms with van der Waals surface area (Å²) >= 11 is 3.61. The van der Waals surface area contributed by atoms with E-state index in [1.165, 1.54) is 26.6 Å². The third kappa shape index (κ3) is 3.13. The van der Waals surface area contributed by atoms with Crippen LogP contribution in [-0.4, -0.2) is 19.6 Å². The minimum absolute atomic E-state index is 0.864. The van der Waals surface area contributed by atoms with Crippen LogP contribution in [0.25, 0.3) is 5.57 Å². The molecule has 1 aliphatic heterocycles. The molecule has 0 unspecified atom stereocenters. The quantitative estimate of drug-likeness (QED) is 0.374.